The van der Waals surface area contributed by atoms with Gasteiger partial charge in [0, 0.05) is 32.7 Å². The number of methoxy groups -OCH3 is 1. The molecule has 3 fully saturated rings. The number of nitrogens with zero attached hydrogens (tertiary/aromatic N) is 5. The van der Waals surface area contributed by atoms with Crippen LogP contribution in [0, 0.1) is 17.8 Å². The quantitative estimate of drug-likeness (QED) is 0.261. The minimum Gasteiger partial charge on any atom is -0.447 e. The number of nitrogens with one attached hydrogen (secondary N) is 1. The average molecular weight is 544 g/mol. The normalized spacial score (nSPS) is 25.4. The van der Waals surface area contributed by atoms with Gasteiger partial charge in [-0.05, 0) is 37.5 Å². The van der Waals surface area contributed by atoms with Crippen LogP contribution in [-0.4, -0.2) is 104 Å². The summed E-state index contributed by atoms with van der Waals surface area (Å²) in [5.74, 6) is 6.19. The molecule has 2 amide bonds. The molecule has 1 unspecified atom stereocenters. The molecule has 4 atom stereocenters. The molecule has 0 radical (unpaired) electrons. The maximum atomic E-state index is 12.5. The van der Waals surface area contributed by atoms with Crippen molar-refractivity contribution in [3.63, 3.8) is 0 Å². The van der Waals surface area contributed by atoms with Crippen molar-refractivity contribution in [2.45, 2.75) is 62.7 Å². The Bertz CT molecular complexity index is 1260. The van der Waals surface area contributed by atoms with Gasteiger partial charge in [-0.1, -0.05) is 5.92 Å². The molecule has 39 heavy (non-hydrogen) atoms. The Morgan fingerprint density at radius 3 is 2.67 bits per heavy atom. The highest BCUT2D eigenvalue weighted by Gasteiger charge is 2.48. The van der Waals surface area contributed by atoms with Crippen molar-refractivity contribution in [2.24, 2.45) is 5.92 Å². The summed E-state index contributed by atoms with van der Waals surface area (Å²) in [6.07, 6.45) is -0.0919. The monoisotopic (exact) mass is 543 g/mol. The van der Waals surface area contributed by atoms with Crippen LogP contribution in [0.4, 0.5) is 10.6 Å². The van der Waals surface area contributed by atoms with Gasteiger partial charge in [0.05, 0.1) is 12.9 Å². The van der Waals surface area contributed by atoms with Gasteiger partial charge in [0.25, 0.3) is 5.91 Å². The van der Waals surface area contributed by atoms with Crippen LogP contribution in [-0.2, 0) is 19.0 Å². The van der Waals surface area contributed by atoms with Crippen LogP contribution in [0.3, 0.4) is 0 Å². The number of aliphatic hydroxyl groups excluding tert-OH is 2. The number of nitrogen functional groups attached to an aromatic ring is 1. The Morgan fingerprint density at radius 2 is 1.95 bits per heavy atom. The van der Waals surface area contributed by atoms with Gasteiger partial charge in [-0.25, -0.2) is 19.7 Å². The minimum absolute atomic E-state index is 0.0855. The average Bonchev–Trinajstić information content (AvgIpc) is 3.56. The molecule has 5 N–H and O–H groups in total. The van der Waals surface area contributed by atoms with Crippen molar-refractivity contribution in [3.8, 4) is 11.8 Å². The number of aliphatic hydroxyl groups is 2. The van der Waals surface area contributed by atoms with E-state index in [9.17, 15) is 19.8 Å². The predicted octanol–water partition coefficient (Wildman–Crippen LogP) is -0.457. The van der Waals surface area contributed by atoms with E-state index in [-0.39, 0.29) is 36.0 Å². The fourth-order valence-electron chi connectivity index (χ4n) is 4.70. The largest absolute Gasteiger partial charge is 0.447 e. The second kappa shape index (κ2) is 11.7. The van der Waals surface area contributed by atoms with Crippen LogP contribution in [0.15, 0.2) is 6.33 Å². The molecule has 2 aromatic heterocycles. The summed E-state index contributed by atoms with van der Waals surface area (Å²) in [5, 5.41) is 23.9. The van der Waals surface area contributed by atoms with Crippen molar-refractivity contribution in [3.05, 3.63) is 12.2 Å². The third kappa shape index (κ3) is 6.06. The maximum absolute atomic E-state index is 12.5. The smallest absolute Gasteiger partial charge is 0.409 e. The van der Waals surface area contributed by atoms with Crippen molar-refractivity contribution in [1.82, 2.24) is 29.7 Å². The van der Waals surface area contributed by atoms with Crippen molar-refractivity contribution >= 4 is 29.0 Å². The molecule has 2 aliphatic heterocycles. The van der Waals surface area contributed by atoms with E-state index in [4.69, 9.17) is 19.9 Å². The SMILES string of the molecule is COCCOC(=O)N1CCC(CC#Cc2nc(N)c3ncn([C@@H]4O[C@H](C(=O)NC5CC5)[C@H](O)C4O)c3n2)CC1. The number of ether oxygens (including phenoxy) is 3. The predicted molar refractivity (Wildman–Crippen MR) is 136 cm³/mol. The van der Waals surface area contributed by atoms with Gasteiger partial charge in [-0.3, -0.25) is 9.36 Å². The Kier molecular flexibility index (Phi) is 8.12. The first kappa shape index (κ1) is 27.1. The van der Waals surface area contributed by atoms with Gasteiger partial charge in [-0.15, -0.1) is 0 Å². The van der Waals surface area contributed by atoms with Gasteiger partial charge in [-0.2, -0.15) is 0 Å². The zero-order valence-corrected chi connectivity index (χ0v) is 21.7. The van der Waals surface area contributed by atoms with Crippen molar-refractivity contribution in [1.29, 1.82) is 0 Å². The summed E-state index contributed by atoms with van der Waals surface area (Å²) in [7, 11) is 1.55. The molecule has 2 saturated heterocycles. The molecule has 14 nitrogen and oxygen atoms in total. The number of anilines is 1. The molecule has 1 aliphatic carbocycles. The third-order valence-electron chi connectivity index (χ3n) is 7.12. The molecule has 0 spiro atoms. The van der Waals surface area contributed by atoms with Crippen LogP contribution in [0.5, 0.6) is 0 Å². The topological polar surface area (TPSA) is 187 Å². The first-order valence-corrected chi connectivity index (χ1v) is 13.1. The Morgan fingerprint density at radius 1 is 1.18 bits per heavy atom. The standard InChI is InChI=1S/C25H33N7O7/c1-37-11-12-38-25(36)31-9-7-14(8-10-31)3-2-4-16-29-21(26)17-22(30-16)32(13-27-17)24-19(34)18(33)20(39-24)23(35)28-15-5-6-15/h13-15,18-20,24,33-34H,3,5-12H2,1H3,(H,28,35)(H2,26,29,30)/t18-,19?,20+,24-/m1/s1. The van der Waals surface area contributed by atoms with Gasteiger partial charge in [0.2, 0.25) is 5.82 Å². The molecule has 0 aromatic carbocycles. The molecule has 1 saturated carbocycles. The van der Waals surface area contributed by atoms with E-state index < -0.39 is 30.4 Å². The summed E-state index contributed by atoms with van der Waals surface area (Å²) in [6, 6.07) is 0.0855. The summed E-state index contributed by atoms with van der Waals surface area (Å²) < 4.78 is 17.2. The van der Waals surface area contributed by atoms with Gasteiger partial charge in [0.1, 0.15) is 24.3 Å². The summed E-state index contributed by atoms with van der Waals surface area (Å²) in [5.41, 5.74) is 6.66. The molecule has 5 rings (SSSR count). The molecular weight excluding hydrogens is 510 g/mol. The zero-order valence-electron chi connectivity index (χ0n) is 21.7. The second-order valence-corrected chi connectivity index (χ2v) is 10.0. The van der Waals surface area contributed by atoms with Gasteiger partial charge < -0.3 is 40.4 Å². The Hall–Kier alpha value is -3.51. The van der Waals surface area contributed by atoms with E-state index in [2.05, 4.69) is 32.1 Å². The number of fused-ring (bicyclic) bond motifs is 1. The highest BCUT2D eigenvalue weighted by atomic mass is 16.6. The zero-order chi connectivity index (χ0) is 27.5. The first-order chi connectivity index (χ1) is 18.9. The van der Waals surface area contributed by atoms with Crippen LogP contribution in [0.25, 0.3) is 11.2 Å². The lowest BCUT2D eigenvalue weighted by molar-refractivity contribution is -0.137. The number of carbonyl (C=O) groups excluding carboxylic acids is 2. The van der Waals surface area contributed by atoms with Crippen molar-refractivity contribution in [2.75, 3.05) is 39.1 Å². The Labute approximate surface area is 224 Å². The van der Waals surface area contributed by atoms with E-state index in [1.54, 1.807) is 12.0 Å². The van der Waals surface area contributed by atoms with E-state index in [0.29, 0.717) is 37.6 Å². The fourth-order valence-corrected chi connectivity index (χ4v) is 4.70. The molecule has 210 valence electrons. The van der Waals surface area contributed by atoms with Crippen LogP contribution in [0.1, 0.15) is 44.2 Å². The second-order valence-electron chi connectivity index (χ2n) is 10.0. The highest BCUT2D eigenvalue weighted by Crippen LogP contribution is 2.33. The lowest BCUT2D eigenvalue weighted by Crippen LogP contribution is -2.43. The highest BCUT2D eigenvalue weighted by molar-refractivity contribution is 5.83. The number of hydrogen-bond acceptors (Lipinski definition) is 11. The van der Waals surface area contributed by atoms with E-state index in [1.165, 1.54) is 10.9 Å². The third-order valence-corrected chi connectivity index (χ3v) is 7.12. The number of nitrogens with two attached hydrogens (primary N) is 1. The number of rotatable bonds is 7. The van der Waals surface area contributed by atoms with E-state index in [0.717, 1.165) is 25.7 Å². The Balaban J connectivity index is 1.22. The van der Waals surface area contributed by atoms with Gasteiger partial charge >= 0.3 is 6.09 Å². The number of carbonyl (C=O) groups is 2. The van der Waals surface area contributed by atoms with Crippen molar-refractivity contribution < 1.29 is 34.0 Å². The maximum Gasteiger partial charge on any atom is 0.409 e. The fraction of sp³-hybridized carbons (Fsp3) is 0.640. The van der Waals surface area contributed by atoms with Crippen LogP contribution >= 0.6 is 0 Å². The van der Waals surface area contributed by atoms with Gasteiger partial charge in [0.15, 0.2) is 23.8 Å². The summed E-state index contributed by atoms with van der Waals surface area (Å²) in [4.78, 5) is 39.2. The lowest BCUT2D eigenvalue weighted by Gasteiger charge is -2.30. The molecule has 4 heterocycles. The minimum atomic E-state index is -1.41. The molecule has 14 heteroatoms. The van der Waals surface area contributed by atoms with Crippen LogP contribution < -0.4 is 11.1 Å². The van der Waals surface area contributed by atoms with E-state index in [1.807, 2.05) is 0 Å². The summed E-state index contributed by atoms with van der Waals surface area (Å²) >= 11 is 0. The first-order valence-electron chi connectivity index (χ1n) is 13.1. The number of piperidine rings is 1. The number of hydrogen-bond donors (Lipinski definition) is 4. The summed E-state index contributed by atoms with van der Waals surface area (Å²) in [6.45, 7) is 1.80. The lowest BCUT2D eigenvalue weighted by atomic mass is 9.94. The number of amides is 2. The molecular formula is C25H33N7O7. The molecule has 0 bridgehead atoms. The number of likely N-dealkylation sites (tertiary alicyclic amines) is 1. The molecule has 3 aliphatic rings. The number of imidazole rings is 1. The number of aromatic nitrogens is 4. The molecule has 2 aromatic rings. The van der Waals surface area contributed by atoms with Crippen LogP contribution in [0.2, 0.25) is 0 Å². The van der Waals surface area contributed by atoms with E-state index >= 15 is 0 Å².